The van der Waals surface area contributed by atoms with Crippen LogP contribution in [0.2, 0.25) is 0 Å². The first-order valence-electron chi connectivity index (χ1n) is 5.91. The van der Waals surface area contributed by atoms with Gasteiger partial charge in [0.15, 0.2) is 0 Å². The van der Waals surface area contributed by atoms with E-state index in [1.165, 1.54) is 5.56 Å². The van der Waals surface area contributed by atoms with E-state index in [0.717, 1.165) is 24.8 Å². The molecule has 1 N–H and O–H groups in total. The fraction of sp³-hybridized carbons (Fsp3) is 0.467. The number of rotatable bonds is 4. The summed E-state index contributed by atoms with van der Waals surface area (Å²) < 4.78 is 0. The Kier molecular flexibility index (Phi) is 5.67. The lowest BCUT2D eigenvalue weighted by molar-refractivity contribution is 0.290. The van der Waals surface area contributed by atoms with Gasteiger partial charge in [-0.1, -0.05) is 37.8 Å². The molecule has 0 bridgehead atoms. The van der Waals surface area contributed by atoms with Gasteiger partial charge in [0.2, 0.25) is 0 Å². The fourth-order valence-corrected chi connectivity index (χ4v) is 1.53. The third-order valence-electron chi connectivity index (χ3n) is 2.29. The molecule has 0 aliphatic carbocycles. The number of unbranched alkanes of at least 4 members (excludes halogenated alkanes) is 1. The molecule has 0 spiro atoms. The first-order valence-corrected chi connectivity index (χ1v) is 5.91. The smallest absolute Gasteiger partial charge is 0.0440 e. The van der Waals surface area contributed by atoms with Crippen molar-refractivity contribution in [3.8, 4) is 11.8 Å². The molecule has 0 atom stereocenters. The highest BCUT2D eigenvalue weighted by Gasteiger charge is 1.96. The maximum absolute atomic E-state index is 8.62. The summed E-state index contributed by atoms with van der Waals surface area (Å²) in [6.07, 6.45) is 2.65. The van der Waals surface area contributed by atoms with E-state index in [2.05, 4.69) is 50.0 Å². The maximum atomic E-state index is 8.62. The standard InChI is InChI=1S/C15H20O/c1-13(2)12-15-9-7-14(8-10-15)6-4-3-5-11-16/h7-10,13,16H,3,5,11-12H2,1-2H3. The predicted octanol–water partition coefficient (Wildman–Crippen LogP) is 3.01. The highest BCUT2D eigenvalue weighted by atomic mass is 16.2. The lowest BCUT2D eigenvalue weighted by Crippen LogP contribution is -1.93. The molecule has 0 radical (unpaired) electrons. The molecule has 86 valence electrons. The molecule has 0 saturated carbocycles. The highest BCUT2D eigenvalue weighted by Crippen LogP contribution is 2.09. The van der Waals surface area contributed by atoms with E-state index in [1.807, 2.05) is 0 Å². The number of aliphatic hydroxyl groups is 1. The minimum Gasteiger partial charge on any atom is -0.396 e. The second kappa shape index (κ2) is 7.09. The van der Waals surface area contributed by atoms with Gasteiger partial charge in [-0.3, -0.25) is 0 Å². The van der Waals surface area contributed by atoms with Gasteiger partial charge in [-0.2, -0.15) is 0 Å². The van der Waals surface area contributed by atoms with Gasteiger partial charge in [-0.25, -0.2) is 0 Å². The van der Waals surface area contributed by atoms with E-state index < -0.39 is 0 Å². The van der Waals surface area contributed by atoms with Gasteiger partial charge in [0.25, 0.3) is 0 Å². The van der Waals surface area contributed by atoms with Crippen LogP contribution in [0.25, 0.3) is 0 Å². The van der Waals surface area contributed by atoms with Gasteiger partial charge in [-0.15, -0.1) is 0 Å². The molecule has 0 aromatic heterocycles. The molecule has 1 aromatic rings. The summed E-state index contributed by atoms with van der Waals surface area (Å²) in [6, 6.07) is 8.44. The summed E-state index contributed by atoms with van der Waals surface area (Å²) in [6.45, 7) is 4.67. The Morgan fingerprint density at radius 2 is 1.88 bits per heavy atom. The molecule has 1 nitrogen and oxygen atoms in total. The predicted molar refractivity (Wildman–Crippen MR) is 68.2 cm³/mol. The zero-order chi connectivity index (χ0) is 11.8. The third kappa shape index (κ3) is 5.00. The fourth-order valence-electron chi connectivity index (χ4n) is 1.53. The van der Waals surface area contributed by atoms with Crippen LogP contribution in [0.1, 0.15) is 37.8 Å². The number of hydrogen-bond donors (Lipinski definition) is 1. The van der Waals surface area contributed by atoms with Crippen LogP contribution in [-0.2, 0) is 6.42 Å². The van der Waals surface area contributed by atoms with E-state index >= 15 is 0 Å². The monoisotopic (exact) mass is 216 g/mol. The minimum atomic E-state index is 0.224. The molecule has 0 unspecified atom stereocenters. The van der Waals surface area contributed by atoms with Crippen LogP contribution in [0.15, 0.2) is 24.3 Å². The first kappa shape index (κ1) is 12.8. The van der Waals surface area contributed by atoms with Crippen molar-refractivity contribution in [3.05, 3.63) is 35.4 Å². The summed E-state index contributed by atoms with van der Waals surface area (Å²) in [4.78, 5) is 0. The van der Waals surface area contributed by atoms with Crippen LogP contribution in [0, 0.1) is 17.8 Å². The highest BCUT2D eigenvalue weighted by molar-refractivity contribution is 5.36. The van der Waals surface area contributed by atoms with E-state index in [0.29, 0.717) is 5.92 Å². The lowest BCUT2D eigenvalue weighted by Gasteiger charge is -2.04. The van der Waals surface area contributed by atoms with Crippen molar-refractivity contribution in [3.63, 3.8) is 0 Å². The molecule has 1 aromatic carbocycles. The molecule has 0 aliphatic rings. The van der Waals surface area contributed by atoms with Crippen molar-refractivity contribution in [1.82, 2.24) is 0 Å². The van der Waals surface area contributed by atoms with Crippen molar-refractivity contribution in [2.45, 2.75) is 33.1 Å². The zero-order valence-electron chi connectivity index (χ0n) is 10.2. The van der Waals surface area contributed by atoms with Gasteiger partial charge < -0.3 is 5.11 Å². The van der Waals surface area contributed by atoms with Crippen LogP contribution in [0.3, 0.4) is 0 Å². The first-order chi connectivity index (χ1) is 7.72. The molecule has 0 amide bonds. The summed E-state index contributed by atoms with van der Waals surface area (Å²) in [5.41, 5.74) is 2.43. The summed E-state index contributed by atoms with van der Waals surface area (Å²) >= 11 is 0. The minimum absolute atomic E-state index is 0.224. The van der Waals surface area contributed by atoms with E-state index in [-0.39, 0.29) is 6.61 Å². The summed E-state index contributed by atoms with van der Waals surface area (Å²) in [5, 5.41) is 8.62. The van der Waals surface area contributed by atoms with Crippen LogP contribution in [0.4, 0.5) is 0 Å². The zero-order valence-corrected chi connectivity index (χ0v) is 10.2. The normalized spacial score (nSPS) is 10.0. The second-order valence-corrected chi connectivity index (χ2v) is 4.42. The van der Waals surface area contributed by atoms with Crippen LogP contribution >= 0.6 is 0 Å². The Morgan fingerprint density at radius 1 is 1.19 bits per heavy atom. The van der Waals surface area contributed by atoms with E-state index in [1.54, 1.807) is 0 Å². The topological polar surface area (TPSA) is 20.2 Å². The Labute approximate surface area is 98.5 Å². The van der Waals surface area contributed by atoms with Crippen molar-refractivity contribution in [2.24, 2.45) is 5.92 Å². The number of hydrogen-bond acceptors (Lipinski definition) is 1. The van der Waals surface area contributed by atoms with Gasteiger partial charge in [0, 0.05) is 18.6 Å². The van der Waals surface area contributed by atoms with Crippen molar-refractivity contribution >= 4 is 0 Å². The number of aliphatic hydroxyl groups excluding tert-OH is 1. The van der Waals surface area contributed by atoms with Crippen LogP contribution in [0.5, 0.6) is 0 Å². The largest absolute Gasteiger partial charge is 0.396 e. The SMILES string of the molecule is CC(C)Cc1ccc(C#CCCCO)cc1. The van der Waals surface area contributed by atoms with Crippen molar-refractivity contribution < 1.29 is 5.11 Å². The van der Waals surface area contributed by atoms with E-state index in [9.17, 15) is 0 Å². The maximum Gasteiger partial charge on any atom is 0.0440 e. The molecule has 0 aliphatic heterocycles. The summed E-state index contributed by atoms with van der Waals surface area (Å²) in [7, 11) is 0. The van der Waals surface area contributed by atoms with Crippen LogP contribution in [-0.4, -0.2) is 11.7 Å². The molecular formula is C15H20O. The van der Waals surface area contributed by atoms with Crippen LogP contribution < -0.4 is 0 Å². The molecule has 0 fully saturated rings. The molecule has 16 heavy (non-hydrogen) atoms. The average Bonchev–Trinajstić information content (AvgIpc) is 2.26. The summed E-state index contributed by atoms with van der Waals surface area (Å²) in [5.74, 6) is 6.85. The Morgan fingerprint density at radius 3 is 2.44 bits per heavy atom. The molecule has 1 heteroatoms. The second-order valence-electron chi connectivity index (χ2n) is 4.42. The quantitative estimate of drug-likeness (QED) is 0.606. The van der Waals surface area contributed by atoms with Crippen molar-refractivity contribution in [2.75, 3.05) is 6.61 Å². The van der Waals surface area contributed by atoms with Gasteiger partial charge in [-0.05, 0) is 36.5 Å². The molecule has 0 saturated heterocycles. The van der Waals surface area contributed by atoms with E-state index in [4.69, 9.17) is 5.11 Å². The van der Waals surface area contributed by atoms with Gasteiger partial charge in [0.1, 0.15) is 0 Å². The molecular weight excluding hydrogens is 196 g/mol. The third-order valence-corrected chi connectivity index (χ3v) is 2.29. The van der Waals surface area contributed by atoms with Gasteiger partial charge >= 0.3 is 0 Å². The molecule has 0 heterocycles. The van der Waals surface area contributed by atoms with Gasteiger partial charge in [0.05, 0.1) is 0 Å². The Hall–Kier alpha value is -1.26. The molecule has 1 rings (SSSR count). The Bertz CT molecular complexity index is 351. The average molecular weight is 216 g/mol. The lowest BCUT2D eigenvalue weighted by atomic mass is 10.0. The Balaban J connectivity index is 2.53. The van der Waals surface area contributed by atoms with Crippen molar-refractivity contribution in [1.29, 1.82) is 0 Å². The number of benzene rings is 1.